The lowest BCUT2D eigenvalue weighted by atomic mass is 10.2. The molecule has 3 rings (SSSR count). The maximum atomic E-state index is 12.0. The Hall–Kier alpha value is -1.96. The lowest BCUT2D eigenvalue weighted by molar-refractivity contribution is -0.117. The van der Waals surface area contributed by atoms with Crippen molar-refractivity contribution in [1.29, 1.82) is 0 Å². The van der Waals surface area contributed by atoms with Gasteiger partial charge >= 0.3 is 5.63 Å². The number of nitrogens with zero attached hydrogens (tertiary/aromatic N) is 1. The van der Waals surface area contributed by atoms with Gasteiger partial charge in [-0.2, -0.15) is 0 Å². The smallest absolute Gasteiger partial charge is 0.348 e. The molecule has 0 radical (unpaired) electrons. The van der Waals surface area contributed by atoms with Crippen LogP contribution in [0.15, 0.2) is 32.8 Å². The van der Waals surface area contributed by atoms with Gasteiger partial charge in [0.25, 0.3) is 0 Å². The predicted molar refractivity (Wildman–Crippen MR) is 97.8 cm³/mol. The Morgan fingerprint density at radius 2 is 2.25 bits per heavy atom. The molecule has 1 amide bonds. The second-order valence-electron chi connectivity index (χ2n) is 5.14. The van der Waals surface area contributed by atoms with Crippen molar-refractivity contribution < 1.29 is 9.21 Å². The van der Waals surface area contributed by atoms with Crippen molar-refractivity contribution in [3.63, 3.8) is 0 Å². The third kappa shape index (κ3) is 3.58. The molecule has 1 atom stereocenters. The number of fused-ring (bicyclic) bond motifs is 1. The van der Waals surface area contributed by atoms with Gasteiger partial charge in [-0.3, -0.25) is 4.79 Å². The molecule has 24 heavy (non-hydrogen) atoms. The molecule has 0 aliphatic heterocycles. The Balaban J connectivity index is 1.74. The SMILES string of the molecule is Cc1csc2nc([C@H](C)NC(=O)/C=C/c3ccc(Cl)s3)oc(=O)c12. The Labute approximate surface area is 150 Å². The number of carbonyl (C=O) groups excluding carboxylic acids is 1. The molecule has 1 N–H and O–H groups in total. The van der Waals surface area contributed by atoms with Crippen LogP contribution in [0.3, 0.4) is 0 Å². The molecule has 0 aliphatic rings. The third-order valence-electron chi connectivity index (χ3n) is 3.29. The minimum absolute atomic E-state index is 0.190. The summed E-state index contributed by atoms with van der Waals surface area (Å²) in [5, 5.41) is 5.08. The van der Waals surface area contributed by atoms with E-state index in [0.29, 0.717) is 14.6 Å². The van der Waals surface area contributed by atoms with Gasteiger partial charge in [-0.1, -0.05) is 11.6 Å². The van der Waals surface area contributed by atoms with E-state index in [2.05, 4.69) is 10.3 Å². The molecule has 124 valence electrons. The van der Waals surface area contributed by atoms with E-state index in [1.807, 2.05) is 18.4 Å². The van der Waals surface area contributed by atoms with Crippen molar-refractivity contribution in [1.82, 2.24) is 10.3 Å². The zero-order valence-electron chi connectivity index (χ0n) is 12.8. The molecule has 3 aromatic heterocycles. The average Bonchev–Trinajstić information content (AvgIpc) is 3.11. The summed E-state index contributed by atoms with van der Waals surface area (Å²) < 4.78 is 5.91. The van der Waals surface area contributed by atoms with Gasteiger partial charge in [-0.05, 0) is 43.0 Å². The van der Waals surface area contributed by atoms with Crippen LogP contribution in [0.2, 0.25) is 4.34 Å². The molecule has 5 nitrogen and oxygen atoms in total. The lowest BCUT2D eigenvalue weighted by Gasteiger charge is -2.10. The highest BCUT2D eigenvalue weighted by Gasteiger charge is 2.16. The van der Waals surface area contributed by atoms with E-state index in [1.165, 1.54) is 28.7 Å². The molecule has 0 aliphatic carbocycles. The summed E-state index contributed by atoms with van der Waals surface area (Å²) in [6.07, 6.45) is 3.08. The Morgan fingerprint density at radius 3 is 2.96 bits per heavy atom. The Kier molecular flexibility index (Phi) is 4.84. The number of nitrogens with one attached hydrogen (secondary N) is 1. The van der Waals surface area contributed by atoms with Gasteiger partial charge < -0.3 is 9.73 Å². The van der Waals surface area contributed by atoms with Crippen LogP contribution in [0.25, 0.3) is 16.3 Å². The summed E-state index contributed by atoms with van der Waals surface area (Å²) in [6.45, 7) is 3.55. The zero-order valence-corrected chi connectivity index (χ0v) is 15.2. The number of hydrogen-bond acceptors (Lipinski definition) is 6. The highest BCUT2D eigenvalue weighted by Crippen LogP contribution is 2.23. The van der Waals surface area contributed by atoms with Gasteiger partial charge in [0.15, 0.2) is 0 Å². The molecule has 3 aromatic rings. The van der Waals surface area contributed by atoms with Crippen molar-refractivity contribution in [3.8, 4) is 0 Å². The molecular weight excluding hydrogens is 368 g/mol. The van der Waals surface area contributed by atoms with Crippen molar-refractivity contribution in [2.24, 2.45) is 0 Å². The number of thiophene rings is 2. The van der Waals surface area contributed by atoms with Crippen molar-refractivity contribution >= 4 is 56.5 Å². The summed E-state index contributed by atoms with van der Waals surface area (Å²) in [5.74, 6) is -0.116. The number of aryl methyl sites for hydroxylation is 1. The van der Waals surface area contributed by atoms with E-state index < -0.39 is 11.7 Å². The van der Waals surface area contributed by atoms with Crippen LogP contribution >= 0.6 is 34.3 Å². The number of carbonyl (C=O) groups is 1. The van der Waals surface area contributed by atoms with Crippen molar-refractivity contribution in [2.45, 2.75) is 19.9 Å². The summed E-state index contributed by atoms with van der Waals surface area (Å²) in [6, 6.07) is 3.07. The Bertz CT molecular complexity index is 987. The van der Waals surface area contributed by atoms with Gasteiger partial charge in [-0.15, -0.1) is 22.7 Å². The molecule has 0 spiro atoms. The molecule has 8 heteroatoms. The van der Waals surface area contributed by atoms with Gasteiger partial charge in [0.1, 0.15) is 10.9 Å². The summed E-state index contributed by atoms with van der Waals surface area (Å²) in [7, 11) is 0. The first-order valence-electron chi connectivity index (χ1n) is 7.07. The summed E-state index contributed by atoms with van der Waals surface area (Å²) in [4.78, 5) is 29.9. The topological polar surface area (TPSA) is 72.2 Å². The third-order valence-corrected chi connectivity index (χ3v) is 5.48. The second-order valence-corrected chi connectivity index (χ2v) is 7.75. The highest BCUT2D eigenvalue weighted by molar-refractivity contribution is 7.17. The second kappa shape index (κ2) is 6.88. The molecule has 0 fully saturated rings. The first kappa shape index (κ1) is 16.9. The molecule has 0 bridgehead atoms. The first-order valence-corrected chi connectivity index (χ1v) is 9.14. The van der Waals surface area contributed by atoms with Crippen LogP contribution in [0.1, 0.15) is 29.3 Å². The van der Waals surface area contributed by atoms with E-state index in [1.54, 1.807) is 19.1 Å². The molecule has 0 unspecified atom stereocenters. The molecule has 3 heterocycles. The van der Waals surface area contributed by atoms with Crippen LogP contribution in [-0.4, -0.2) is 10.9 Å². The summed E-state index contributed by atoms with van der Waals surface area (Å²) >= 11 is 8.60. The molecule has 0 saturated carbocycles. The van der Waals surface area contributed by atoms with Crippen LogP contribution in [0, 0.1) is 6.92 Å². The van der Waals surface area contributed by atoms with E-state index in [4.69, 9.17) is 16.0 Å². The number of rotatable bonds is 4. The normalized spacial score (nSPS) is 12.8. The highest BCUT2D eigenvalue weighted by atomic mass is 35.5. The van der Waals surface area contributed by atoms with E-state index in [9.17, 15) is 9.59 Å². The minimum Gasteiger partial charge on any atom is -0.406 e. The lowest BCUT2D eigenvalue weighted by Crippen LogP contribution is -2.26. The first-order chi connectivity index (χ1) is 11.4. The van der Waals surface area contributed by atoms with Crippen LogP contribution in [0.4, 0.5) is 0 Å². The maximum Gasteiger partial charge on any atom is 0.348 e. The zero-order chi connectivity index (χ0) is 17.3. The predicted octanol–water partition coefficient (Wildman–Crippen LogP) is 4.16. The van der Waals surface area contributed by atoms with Crippen LogP contribution < -0.4 is 10.9 Å². The minimum atomic E-state index is -0.520. The van der Waals surface area contributed by atoms with E-state index in [0.717, 1.165) is 10.4 Å². The van der Waals surface area contributed by atoms with Crippen LogP contribution in [-0.2, 0) is 4.79 Å². The average molecular weight is 381 g/mol. The van der Waals surface area contributed by atoms with Crippen LogP contribution in [0.5, 0.6) is 0 Å². The summed E-state index contributed by atoms with van der Waals surface area (Å²) in [5.41, 5.74) is 0.413. The maximum absolute atomic E-state index is 12.0. The number of halogens is 1. The van der Waals surface area contributed by atoms with Gasteiger partial charge in [0.2, 0.25) is 11.8 Å². The fraction of sp³-hybridized carbons (Fsp3) is 0.188. The number of hydrogen-bond donors (Lipinski definition) is 1. The van der Waals surface area contributed by atoms with Gasteiger partial charge in [0.05, 0.1) is 9.72 Å². The Morgan fingerprint density at radius 1 is 1.46 bits per heavy atom. The standard InChI is InChI=1S/C16H13ClN2O3S2/c1-8-7-23-15-13(8)16(21)22-14(19-15)9(2)18-12(20)6-4-10-3-5-11(17)24-10/h3-7,9H,1-2H3,(H,18,20)/b6-4+/t9-/m0/s1. The fourth-order valence-electron chi connectivity index (χ4n) is 2.11. The van der Waals surface area contributed by atoms with E-state index >= 15 is 0 Å². The molecule has 0 aromatic carbocycles. The number of amides is 1. The van der Waals surface area contributed by atoms with Crippen molar-refractivity contribution in [2.75, 3.05) is 0 Å². The van der Waals surface area contributed by atoms with E-state index in [-0.39, 0.29) is 11.8 Å². The number of aromatic nitrogens is 1. The fourth-order valence-corrected chi connectivity index (χ4v) is 3.99. The molecule has 0 saturated heterocycles. The molecular formula is C16H13ClN2O3S2. The van der Waals surface area contributed by atoms with Crippen molar-refractivity contribution in [3.05, 3.63) is 54.7 Å². The van der Waals surface area contributed by atoms with Gasteiger partial charge in [-0.25, -0.2) is 9.78 Å². The van der Waals surface area contributed by atoms with Gasteiger partial charge in [0, 0.05) is 11.0 Å². The largest absolute Gasteiger partial charge is 0.406 e. The quantitative estimate of drug-likeness (QED) is 0.689. The monoisotopic (exact) mass is 380 g/mol.